The van der Waals surface area contributed by atoms with Gasteiger partial charge >= 0.3 is 0 Å². The predicted molar refractivity (Wildman–Crippen MR) is 71.8 cm³/mol. The molecule has 1 spiro atoms. The van der Waals surface area contributed by atoms with E-state index in [4.69, 9.17) is 0 Å². The Labute approximate surface area is 107 Å². The number of benzene rings is 1. The Morgan fingerprint density at radius 3 is 2.72 bits per heavy atom. The van der Waals surface area contributed by atoms with Gasteiger partial charge in [0.25, 0.3) is 5.91 Å². The van der Waals surface area contributed by atoms with Crippen LogP contribution in [0.5, 0.6) is 0 Å². The third-order valence-electron chi connectivity index (χ3n) is 4.05. The van der Waals surface area contributed by atoms with Crippen molar-refractivity contribution in [1.82, 2.24) is 10.6 Å². The van der Waals surface area contributed by atoms with Crippen LogP contribution in [0.3, 0.4) is 0 Å². The number of carbonyl (C=O) groups excluding carboxylic acids is 1. The third kappa shape index (κ3) is 1.60. The average Bonchev–Trinajstić information content (AvgIpc) is 2.40. The quantitative estimate of drug-likeness (QED) is 0.784. The monoisotopic (exact) mass is 245 g/mol. The molecule has 1 fully saturated rings. The van der Waals surface area contributed by atoms with E-state index in [1.165, 1.54) is 0 Å². The molecule has 18 heavy (non-hydrogen) atoms. The van der Waals surface area contributed by atoms with Gasteiger partial charge in [0, 0.05) is 19.4 Å². The van der Waals surface area contributed by atoms with Crippen molar-refractivity contribution in [2.75, 3.05) is 24.5 Å². The molecule has 1 aromatic rings. The van der Waals surface area contributed by atoms with Crippen molar-refractivity contribution in [2.45, 2.75) is 25.4 Å². The maximum absolute atomic E-state index is 12.3. The van der Waals surface area contributed by atoms with E-state index in [9.17, 15) is 4.79 Å². The van der Waals surface area contributed by atoms with Gasteiger partial charge in [0.15, 0.2) is 0 Å². The minimum absolute atomic E-state index is 0.0669. The van der Waals surface area contributed by atoms with Crippen LogP contribution in [-0.2, 0) is 0 Å². The van der Waals surface area contributed by atoms with Crippen molar-refractivity contribution in [3.8, 4) is 0 Å². The van der Waals surface area contributed by atoms with Gasteiger partial charge in [0.05, 0.1) is 11.3 Å². The van der Waals surface area contributed by atoms with Crippen LogP contribution in [0.4, 0.5) is 5.69 Å². The summed E-state index contributed by atoms with van der Waals surface area (Å²) >= 11 is 0. The zero-order valence-electron chi connectivity index (χ0n) is 10.7. The number of rotatable bonds is 1. The van der Waals surface area contributed by atoms with Gasteiger partial charge in [-0.1, -0.05) is 12.1 Å². The molecule has 2 aliphatic heterocycles. The smallest absolute Gasteiger partial charge is 0.255 e. The molecule has 0 aromatic heterocycles. The van der Waals surface area contributed by atoms with Crippen molar-refractivity contribution in [3.05, 3.63) is 29.8 Å². The summed E-state index contributed by atoms with van der Waals surface area (Å²) in [5.74, 6) is 0.0669. The van der Waals surface area contributed by atoms with Crippen LogP contribution < -0.4 is 15.5 Å². The average molecular weight is 245 g/mol. The lowest BCUT2D eigenvalue weighted by molar-refractivity contribution is 0.0852. The summed E-state index contributed by atoms with van der Waals surface area (Å²) in [5, 5.41) is 6.60. The van der Waals surface area contributed by atoms with Crippen LogP contribution in [0.25, 0.3) is 0 Å². The maximum atomic E-state index is 12.3. The fraction of sp³-hybridized carbons (Fsp3) is 0.500. The molecule has 1 saturated heterocycles. The summed E-state index contributed by atoms with van der Waals surface area (Å²) < 4.78 is 0. The molecule has 0 bridgehead atoms. The molecule has 2 N–H and O–H groups in total. The lowest BCUT2D eigenvalue weighted by Gasteiger charge is -2.51. The molecule has 0 aliphatic carbocycles. The largest absolute Gasteiger partial charge is 0.348 e. The first-order valence-corrected chi connectivity index (χ1v) is 6.67. The lowest BCUT2D eigenvalue weighted by atomic mass is 9.91. The zero-order valence-corrected chi connectivity index (χ0v) is 10.7. The number of para-hydroxylation sites is 1. The highest BCUT2D eigenvalue weighted by Gasteiger charge is 2.43. The van der Waals surface area contributed by atoms with E-state index in [0.717, 1.165) is 43.7 Å². The fourth-order valence-electron chi connectivity index (χ4n) is 3.19. The maximum Gasteiger partial charge on any atom is 0.255 e. The Hall–Kier alpha value is -1.55. The van der Waals surface area contributed by atoms with Gasteiger partial charge in [-0.3, -0.25) is 4.79 Å². The van der Waals surface area contributed by atoms with Crippen molar-refractivity contribution in [1.29, 1.82) is 0 Å². The Kier molecular flexibility index (Phi) is 2.74. The van der Waals surface area contributed by atoms with Crippen molar-refractivity contribution >= 4 is 11.6 Å². The summed E-state index contributed by atoms with van der Waals surface area (Å²) in [6, 6.07) is 7.89. The van der Waals surface area contributed by atoms with E-state index < -0.39 is 0 Å². The van der Waals surface area contributed by atoms with Gasteiger partial charge in [-0.2, -0.15) is 0 Å². The van der Waals surface area contributed by atoms with E-state index >= 15 is 0 Å². The van der Waals surface area contributed by atoms with E-state index in [-0.39, 0.29) is 11.6 Å². The second-order valence-electron chi connectivity index (χ2n) is 5.00. The Morgan fingerprint density at radius 2 is 2.00 bits per heavy atom. The molecule has 96 valence electrons. The molecule has 0 saturated carbocycles. The predicted octanol–water partition coefficient (Wildman–Crippen LogP) is 1.34. The third-order valence-corrected chi connectivity index (χ3v) is 4.05. The SMILES string of the molecule is CCN1c2ccccc2C(=O)NC12CCNCC2. The van der Waals surface area contributed by atoms with E-state index in [0.29, 0.717) is 0 Å². The van der Waals surface area contributed by atoms with Gasteiger partial charge in [-0.05, 0) is 32.1 Å². The second-order valence-corrected chi connectivity index (χ2v) is 5.00. The number of hydrogen-bond acceptors (Lipinski definition) is 3. The number of hydrogen-bond donors (Lipinski definition) is 2. The molecule has 2 aliphatic rings. The Morgan fingerprint density at radius 1 is 1.28 bits per heavy atom. The number of piperidine rings is 1. The van der Waals surface area contributed by atoms with E-state index in [1.54, 1.807) is 0 Å². The van der Waals surface area contributed by atoms with Crippen LogP contribution in [0, 0.1) is 0 Å². The first kappa shape index (κ1) is 11.5. The first-order valence-electron chi connectivity index (χ1n) is 6.67. The van der Waals surface area contributed by atoms with Gasteiger partial charge in [0.2, 0.25) is 0 Å². The highest BCUT2D eigenvalue weighted by Crippen LogP contribution is 2.35. The molecule has 4 heteroatoms. The first-order chi connectivity index (χ1) is 8.77. The summed E-state index contributed by atoms with van der Waals surface area (Å²) in [6.07, 6.45) is 1.92. The highest BCUT2D eigenvalue weighted by atomic mass is 16.2. The number of carbonyl (C=O) groups is 1. The molecular weight excluding hydrogens is 226 g/mol. The zero-order chi connectivity index (χ0) is 12.6. The minimum atomic E-state index is -0.189. The van der Waals surface area contributed by atoms with Gasteiger partial charge in [-0.15, -0.1) is 0 Å². The fourth-order valence-corrected chi connectivity index (χ4v) is 3.19. The number of amides is 1. The van der Waals surface area contributed by atoms with Crippen LogP contribution >= 0.6 is 0 Å². The Bertz CT molecular complexity index is 466. The number of anilines is 1. The van der Waals surface area contributed by atoms with Crippen LogP contribution in [0.2, 0.25) is 0 Å². The topological polar surface area (TPSA) is 44.4 Å². The van der Waals surface area contributed by atoms with E-state index in [1.807, 2.05) is 18.2 Å². The lowest BCUT2D eigenvalue weighted by Crippen LogP contribution is -2.67. The highest BCUT2D eigenvalue weighted by molar-refractivity contribution is 6.02. The standard InChI is InChI=1S/C14H19N3O/c1-2-17-12-6-4-3-5-11(12)13(18)16-14(17)7-9-15-10-8-14/h3-6,15H,2,7-10H2,1H3,(H,16,18). The molecule has 1 aromatic carbocycles. The molecule has 0 unspecified atom stereocenters. The summed E-state index contributed by atoms with van der Waals surface area (Å²) in [6.45, 7) is 4.98. The van der Waals surface area contributed by atoms with Crippen LogP contribution in [0.1, 0.15) is 30.1 Å². The molecule has 4 nitrogen and oxygen atoms in total. The van der Waals surface area contributed by atoms with Crippen molar-refractivity contribution in [3.63, 3.8) is 0 Å². The molecular formula is C14H19N3O. The number of nitrogens with zero attached hydrogens (tertiary/aromatic N) is 1. The van der Waals surface area contributed by atoms with Gasteiger partial charge < -0.3 is 15.5 Å². The van der Waals surface area contributed by atoms with Crippen LogP contribution in [-0.4, -0.2) is 31.2 Å². The van der Waals surface area contributed by atoms with Crippen molar-refractivity contribution in [2.24, 2.45) is 0 Å². The number of fused-ring (bicyclic) bond motifs is 1. The van der Waals surface area contributed by atoms with Gasteiger partial charge in [-0.25, -0.2) is 0 Å². The summed E-state index contributed by atoms with van der Waals surface area (Å²) in [5.41, 5.74) is 1.68. The van der Waals surface area contributed by atoms with E-state index in [2.05, 4.69) is 28.5 Å². The summed E-state index contributed by atoms with van der Waals surface area (Å²) in [4.78, 5) is 14.6. The molecule has 0 atom stereocenters. The second kappa shape index (κ2) is 4.28. The summed E-state index contributed by atoms with van der Waals surface area (Å²) in [7, 11) is 0. The normalized spacial score (nSPS) is 21.6. The molecule has 0 radical (unpaired) electrons. The number of nitrogens with one attached hydrogen (secondary N) is 2. The minimum Gasteiger partial charge on any atom is -0.348 e. The van der Waals surface area contributed by atoms with Gasteiger partial charge in [0.1, 0.15) is 5.66 Å². The van der Waals surface area contributed by atoms with Crippen LogP contribution in [0.15, 0.2) is 24.3 Å². The molecule has 3 rings (SSSR count). The molecule has 2 heterocycles. The Balaban J connectivity index is 2.07. The van der Waals surface area contributed by atoms with Crippen molar-refractivity contribution < 1.29 is 4.79 Å². The molecule has 1 amide bonds.